The van der Waals surface area contributed by atoms with E-state index in [4.69, 9.17) is 4.74 Å². The van der Waals surface area contributed by atoms with Gasteiger partial charge in [0.2, 0.25) is 11.8 Å². The summed E-state index contributed by atoms with van der Waals surface area (Å²) in [5, 5.41) is 15.1. The molecule has 36 heavy (non-hydrogen) atoms. The van der Waals surface area contributed by atoms with E-state index in [1.165, 1.54) is 4.90 Å². The Morgan fingerprint density at radius 2 is 1.78 bits per heavy atom. The van der Waals surface area contributed by atoms with Crippen LogP contribution in [0.1, 0.15) is 26.3 Å². The number of nitrogens with zero attached hydrogens (tertiary/aromatic N) is 2. The second-order valence-electron chi connectivity index (χ2n) is 9.24. The first kappa shape index (κ1) is 27.0. The summed E-state index contributed by atoms with van der Waals surface area (Å²) in [5.41, 5.74) is 2.46. The van der Waals surface area contributed by atoms with E-state index < -0.39 is 6.04 Å². The first-order valence-electron chi connectivity index (χ1n) is 12.4. The van der Waals surface area contributed by atoms with Gasteiger partial charge in [-0.1, -0.05) is 38.1 Å². The molecular formula is C27H36N4O5. The summed E-state index contributed by atoms with van der Waals surface area (Å²) in [6, 6.07) is 13.5. The SMILES string of the molecule is CCOCC(=O)N[C@H]1CN(CC(C)C)c2ccccc2N(CC(=O)NCCc2ccc(O)cc2)C1=O. The number of phenolic OH excluding ortho intramolecular Hbond substituents is 1. The number of fused-ring (bicyclic) bond motifs is 1. The summed E-state index contributed by atoms with van der Waals surface area (Å²) >= 11 is 0. The van der Waals surface area contributed by atoms with E-state index in [2.05, 4.69) is 29.4 Å². The number of aromatic hydroxyl groups is 1. The van der Waals surface area contributed by atoms with Gasteiger partial charge in [0.05, 0.1) is 11.4 Å². The standard InChI is InChI=1S/C27H36N4O5/c1-4-36-18-26(34)29-22-16-30(15-19(2)3)23-7-5-6-8-24(23)31(27(22)35)17-25(33)28-14-13-20-9-11-21(32)12-10-20/h5-12,19,22,32H,4,13-18H2,1-3H3,(H,28,33)(H,29,34)/t22-/m0/s1. The minimum Gasteiger partial charge on any atom is -0.508 e. The van der Waals surface area contributed by atoms with Crippen molar-refractivity contribution in [2.24, 2.45) is 5.92 Å². The Bertz CT molecular complexity index is 1040. The third-order valence-electron chi connectivity index (χ3n) is 5.81. The topological polar surface area (TPSA) is 111 Å². The molecule has 0 aromatic heterocycles. The number of carbonyl (C=O) groups excluding carboxylic acids is 3. The lowest BCUT2D eigenvalue weighted by Crippen LogP contribution is -2.54. The lowest BCUT2D eigenvalue weighted by atomic mass is 10.1. The monoisotopic (exact) mass is 496 g/mol. The van der Waals surface area contributed by atoms with Gasteiger partial charge < -0.3 is 25.4 Å². The van der Waals surface area contributed by atoms with Crippen LogP contribution < -0.4 is 20.4 Å². The summed E-state index contributed by atoms with van der Waals surface area (Å²) in [6.45, 7) is 7.46. The highest BCUT2D eigenvalue weighted by atomic mass is 16.5. The molecule has 194 valence electrons. The molecule has 3 N–H and O–H groups in total. The number of para-hydroxylation sites is 2. The fourth-order valence-electron chi connectivity index (χ4n) is 4.19. The van der Waals surface area contributed by atoms with Crippen molar-refractivity contribution in [2.45, 2.75) is 33.2 Å². The van der Waals surface area contributed by atoms with Crippen LogP contribution >= 0.6 is 0 Å². The molecule has 0 radical (unpaired) electrons. The molecule has 0 saturated heterocycles. The number of carbonyl (C=O) groups is 3. The van der Waals surface area contributed by atoms with Crippen LogP contribution in [0.2, 0.25) is 0 Å². The molecule has 1 aliphatic rings. The van der Waals surface area contributed by atoms with Crippen molar-refractivity contribution in [3.63, 3.8) is 0 Å². The Hall–Kier alpha value is -3.59. The fraction of sp³-hybridized carbons (Fsp3) is 0.444. The molecule has 1 aliphatic heterocycles. The molecule has 0 saturated carbocycles. The van der Waals surface area contributed by atoms with Crippen LogP contribution in [0.4, 0.5) is 11.4 Å². The smallest absolute Gasteiger partial charge is 0.251 e. The second kappa shape index (κ2) is 12.9. The lowest BCUT2D eigenvalue weighted by molar-refractivity contribution is -0.130. The maximum Gasteiger partial charge on any atom is 0.251 e. The van der Waals surface area contributed by atoms with Gasteiger partial charge in [-0.2, -0.15) is 0 Å². The maximum absolute atomic E-state index is 13.7. The van der Waals surface area contributed by atoms with E-state index in [1.54, 1.807) is 31.2 Å². The molecule has 1 heterocycles. The highest BCUT2D eigenvalue weighted by Crippen LogP contribution is 2.33. The number of benzene rings is 2. The van der Waals surface area contributed by atoms with E-state index in [0.29, 0.717) is 44.3 Å². The number of ether oxygens (including phenoxy) is 1. The van der Waals surface area contributed by atoms with Gasteiger partial charge in [0, 0.05) is 26.2 Å². The zero-order valence-electron chi connectivity index (χ0n) is 21.2. The zero-order chi connectivity index (χ0) is 26.1. The Morgan fingerprint density at radius 3 is 2.44 bits per heavy atom. The first-order chi connectivity index (χ1) is 17.3. The highest BCUT2D eigenvalue weighted by molar-refractivity contribution is 6.06. The van der Waals surface area contributed by atoms with Crippen molar-refractivity contribution in [3.8, 4) is 5.75 Å². The van der Waals surface area contributed by atoms with Gasteiger partial charge in [0.15, 0.2) is 0 Å². The quantitative estimate of drug-likeness (QED) is 0.439. The largest absolute Gasteiger partial charge is 0.508 e. The van der Waals surface area contributed by atoms with Gasteiger partial charge >= 0.3 is 0 Å². The van der Waals surface area contributed by atoms with Crippen LogP contribution in [0.5, 0.6) is 5.75 Å². The van der Waals surface area contributed by atoms with Crippen molar-refractivity contribution in [2.75, 3.05) is 49.2 Å². The summed E-state index contributed by atoms with van der Waals surface area (Å²) in [5.74, 6) is -0.497. The minimum atomic E-state index is -0.825. The predicted octanol–water partition coefficient (Wildman–Crippen LogP) is 2.08. The van der Waals surface area contributed by atoms with Gasteiger partial charge in [0.1, 0.15) is 24.9 Å². The second-order valence-corrected chi connectivity index (χ2v) is 9.24. The van der Waals surface area contributed by atoms with Crippen LogP contribution in [-0.4, -0.2) is 68.3 Å². The molecule has 0 fully saturated rings. The molecule has 3 amide bonds. The maximum atomic E-state index is 13.7. The summed E-state index contributed by atoms with van der Waals surface area (Å²) in [7, 11) is 0. The van der Waals surface area contributed by atoms with Crippen LogP contribution in [-0.2, 0) is 25.5 Å². The van der Waals surface area contributed by atoms with Gasteiger partial charge in [0.25, 0.3) is 5.91 Å². The van der Waals surface area contributed by atoms with Crippen molar-refractivity contribution in [1.82, 2.24) is 10.6 Å². The van der Waals surface area contributed by atoms with Gasteiger partial charge in [-0.05, 0) is 49.1 Å². The van der Waals surface area contributed by atoms with E-state index in [0.717, 1.165) is 11.3 Å². The molecule has 9 heteroatoms. The summed E-state index contributed by atoms with van der Waals surface area (Å²) < 4.78 is 5.21. The lowest BCUT2D eigenvalue weighted by Gasteiger charge is -2.28. The molecule has 0 bridgehead atoms. The van der Waals surface area contributed by atoms with Crippen LogP contribution in [0.25, 0.3) is 0 Å². The number of anilines is 2. The number of hydrogen-bond donors (Lipinski definition) is 3. The van der Waals surface area contributed by atoms with E-state index in [-0.39, 0.29) is 36.6 Å². The number of phenols is 1. The van der Waals surface area contributed by atoms with Crippen molar-refractivity contribution < 1.29 is 24.2 Å². The Kier molecular flexibility index (Phi) is 9.69. The van der Waals surface area contributed by atoms with E-state index >= 15 is 0 Å². The molecule has 1 atom stereocenters. The van der Waals surface area contributed by atoms with Crippen molar-refractivity contribution in [1.29, 1.82) is 0 Å². The van der Waals surface area contributed by atoms with Gasteiger partial charge in [-0.25, -0.2) is 0 Å². The van der Waals surface area contributed by atoms with Crippen LogP contribution in [0.3, 0.4) is 0 Å². The number of hydrogen-bond acceptors (Lipinski definition) is 6. The number of amides is 3. The highest BCUT2D eigenvalue weighted by Gasteiger charge is 2.35. The third kappa shape index (κ3) is 7.45. The molecule has 9 nitrogen and oxygen atoms in total. The Morgan fingerprint density at radius 1 is 1.08 bits per heavy atom. The number of nitrogens with one attached hydrogen (secondary N) is 2. The average molecular weight is 497 g/mol. The normalized spacial score (nSPS) is 15.4. The predicted molar refractivity (Wildman–Crippen MR) is 139 cm³/mol. The minimum absolute atomic E-state index is 0.130. The van der Waals surface area contributed by atoms with Crippen LogP contribution in [0.15, 0.2) is 48.5 Å². The molecule has 3 rings (SSSR count). The van der Waals surface area contributed by atoms with E-state index in [1.807, 2.05) is 24.3 Å². The van der Waals surface area contributed by atoms with E-state index in [9.17, 15) is 19.5 Å². The Balaban J connectivity index is 1.78. The van der Waals surface area contributed by atoms with Gasteiger partial charge in [-0.3, -0.25) is 19.3 Å². The molecule has 0 spiro atoms. The molecular weight excluding hydrogens is 460 g/mol. The summed E-state index contributed by atoms with van der Waals surface area (Å²) in [4.78, 5) is 42.5. The van der Waals surface area contributed by atoms with Gasteiger partial charge in [-0.15, -0.1) is 0 Å². The van der Waals surface area contributed by atoms with Crippen molar-refractivity contribution in [3.05, 3.63) is 54.1 Å². The fourth-order valence-corrected chi connectivity index (χ4v) is 4.19. The zero-order valence-corrected chi connectivity index (χ0v) is 21.2. The first-order valence-corrected chi connectivity index (χ1v) is 12.4. The summed E-state index contributed by atoms with van der Waals surface area (Å²) in [6.07, 6.45) is 0.592. The Labute approximate surface area is 212 Å². The van der Waals surface area contributed by atoms with Crippen LogP contribution in [0, 0.1) is 5.92 Å². The molecule has 2 aromatic rings. The molecule has 0 unspecified atom stereocenters. The molecule has 2 aromatic carbocycles. The van der Waals surface area contributed by atoms with Crippen molar-refractivity contribution >= 4 is 29.1 Å². The molecule has 0 aliphatic carbocycles. The number of rotatable bonds is 11. The average Bonchev–Trinajstić information content (AvgIpc) is 2.94. The third-order valence-corrected chi connectivity index (χ3v) is 5.81.